The quantitative estimate of drug-likeness (QED) is 0.595. The molecule has 9 heteroatoms. The molecule has 2 aromatic heterocycles. The number of rotatable bonds is 5. The zero-order chi connectivity index (χ0) is 20.9. The number of benzene rings is 1. The molecule has 1 amide bonds. The number of anilines is 4. The average Bonchev–Trinajstić information content (AvgIpc) is 2.76. The van der Waals surface area contributed by atoms with Crippen molar-refractivity contribution in [3.8, 4) is 0 Å². The summed E-state index contributed by atoms with van der Waals surface area (Å²) in [6.07, 6.45) is 4.44. The number of piperazine rings is 1. The third-order valence-electron chi connectivity index (χ3n) is 5.03. The number of aromatic amines is 1. The van der Waals surface area contributed by atoms with E-state index in [9.17, 15) is 9.59 Å². The monoisotopic (exact) mass is 405 g/mol. The van der Waals surface area contributed by atoms with Crippen LogP contribution < -0.4 is 21.1 Å². The average molecular weight is 405 g/mol. The fourth-order valence-electron chi connectivity index (χ4n) is 3.32. The van der Waals surface area contributed by atoms with E-state index in [-0.39, 0.29) is 5.56 Å². The largest absolute Gasteiger partial charge is 0.369 e. The Bertz CT molecular complexity index is 1060. The van der Waals surface area contributed by atoms with Gasteiger partial charge in [-0.1, -0.05) is 0 Å². The standard InChI is InChI=1S/C21H23N7O2/c1-27-10-12-28(13-11-27)16-4-2-15(3-5-16)25-21(30)19-17(6-9-23-20(19)29)26-18-7-8-22-14-24-18/h2-9,14H,10-13H2,1H3,(H,25,30)(H2,22,23,24,26,29). The minimum Gasteiger partial charge on any atom is -0.369 e. The number of likely N-dealkylation sites (N-methyl/N-ethyl adjacent to an activating group) is 1. The molecule has 3 heterocycles. The van der Waals surface area contributed by atoms with E-state index in [2.05, 4.69) is 42.4 Å². The van der Waals surface area contributed by atoms with Gasteiger partial charge in [-0.05, 0) is 43.4 Å². The van der Waals surface area contributed by atoms with Gasteiger partial charge in [0.1, 0.15) is 17.7 Å². The second-order valence-corrected chi connectivity index (χ2v) is 7.11. The van der Waals surface area contributed by atoms with Gasteiger partial charge in [-0.15, -0.1) is 0 Å². The van der Waals surface area contributed by atoms with Gasteiger partial charge in [-0.25, -0.2) is 9.97 Å². The minimum atomic E-state index is -0.499. The summed E-state index contributed by atoms with van der Waals surface area (Å²) in [5, 5.41) is 5.80. The summed E-state index contributed by atoms with van der Waals surface area (Å²) < 4.78 is 0. The number of nitrogens with one attached hydrogen (secondary N) is 3. The molecule has 0 aliphatic carbocycles. The van der Waals surface area contributed by atoms with Crippen molar-refractivity contribution in [2.24, 2.45) is 0 Å². The van der Waals surface area contributed by atoms with E-state index in [0.717, 1.165) is 31.9 Å². The van der Waals surface area contributed by atoms with Gasteiger partial charge in [0.05, 0.1) is 5.69 Å². The van der Waals surface area contributed by atoms with Crippen LogP contribution in [0.1, 0.15) is 10.4 Å². The van der Waals surface area contributed by atoms with Crippen LogP contribution in [-0.2, 0) is 0 Å². The van der Waals surface area contributed by atoms with Gasteiger partial charge in [0, 0.05) is 49.9 Å². The van der Waals surface area contributed by atoms with E-state index in [1.165, 1.54) is 12.5 Å². The van der Waals surface area contributed by atoms with E-state index in [1.807, 2.05) is 24.3 Å². The maximum Gasteiger partial charge on any atom is 0.263 e. The van der Waals surface area contributed by atoms with Crippen molar-refractivity contribution in [2.45, 2.75) is 0 Å². The zero-order valence-electron chi connectivity index (χ0n) is 16.6. The molecule has 1 aliphatic heterocycles. The van der Waals surface area contributed by atoms with Crippen molar-refractivity contribution in [1.82, 2.24) is 19.9 Å². The lowest BCUT2D eigenvalue weighted by atomic mass is 10.2. The number of aromatic nitrogens is 3. The Balaban J connectivity index is 1.49. The maximum absolute atomic E-state index is 12.8. The summed E-state index contributed by atoms with van der Waals surface area (Å²) in [5.41, 5.74) is 1.60. The zero-order valence-corrected chi connectivity index (χ0v) is 16.6. The highest BCUT2D eigenvalue weighted by Gasteiger charge is 2.18. The Kier molecular flexibility index (Phi) is 5.71. The van der Waals surface area contributed by atoms with Crippen LogP contribution in [0.2, 0.25) is 0 Å². The maximum atomic E-state index is 12.8. The van der Waals surface area contributed by atoms with Crippen LogP contribution in [0.25, 0.3) is 0 Å². The van der Waals surface area contributed by atoms with E-state index < -0.39 is 11.5 Å². The molecule has 1 saturated heterocycles. The summed E-state index contributed by atoms with van der Waals surface area (Å²) in [4.78, 5) is 40.3. The molecule has 3 N–H and O–H groups in total. The van der Waals surface area contributed by atoms with E-state index >= 15 is 0 Å². The van der Waals surface area contributed by atoms with Crippen LogP contribution in [-0.4, -0.2) is 59.0 Å². The van der Waals surface area contributed by atoms with Gasteiger partial charge in [0.2, 0.25) is 0 Å². The summed E-state index contributed by atoms with van der Waals surface area (Å²) in [6, 6.07) is 10.9. The highest BCUT2D eigenvalue weighted by molar-refractivity contribution is 6.08. The fourth-order valence-corrected chi connectivity index (χ4v) is 3.32. The lowest BCUT2D eigenvalue weighted by Gasteiger charge is -2.34. The topological polar surface area (TPSA) is 106 Å². The molecule has 0 saturated carbocycles. The van der Waals surface area contributed by atoms with Gasteiger partial charge in [0.15, 0.2) is 0 Å². The third-order valence-corrected chi connectivity index (χ3v) is 5.03. The Morgan fingerprint density at radius 1 is 1.07 bits per heavy atom. The second kappa shape index (κ2) is 8.75. The number of pyridine rings is 1. The fraction of sp³-hybridized carbons (Fsp3) is 0.238. The second-order valence-electron chi connectivity index (χ2n) is 7.11. The summed E-state index contributed by atoms with van der Waals surface area (Å²) >= 11 is 0. The number of hydrogen-bond acceptors (Lipinski definition) is 7. The van der Waals surface area contributed by atoms with Gasteiger partial charge in [-0.2, -0.15) is 0 Å². The van der Waals surface area contributed by atoms with Gasteiger partial charge >= 0.3 is 0 Å². The Hall–Kier alpha value is -3.72. The first-order valence-electron chi connectivity index (χ1n) is 9.70. The molecule has 4 rings (SSSR count). The normalized spacial score (nSPS) is 14.4. The van der Waals surface area contributed by atoms with Crippen LogP contribution in [0, 0.1) is 0 Å². The number of nitrogens with zero attached hydrogens (tertiary/aromatic N) is 4. The van der Waals surface area contributed by atoms with Crippen molar-refractivity contribution in [2.75, 3.05) is 48.8 Å². The van der Waals surface area contributed by atoms with Gasteiger partial charge in [-0.3, -0.25) is 9.59 Å². The molecule has 0 radical (unpaired) electrons. The predicted molar refractivity (Wildman–Crippen MR) is 116 cm³/mol. The van der Waals surface area contributed by atoms with Crippen LogP contribution >= 0.6 is 0 Å². The van der Waals surface area contributed by atoms with Gasteiger partial charge < -0.3 is 25.4 Å². The van der Waals surface area contributed by atoms with Crippen LogP contribution in [0.5, 0.6) is 0 Å². The van der Waals surface area contributed by atoms with Crippen LogP contribution in [0.15, 0.2) is 59.9 Å². The summed E-state index contributed by atoms with van der Waals surface area (Å²) in [7, 11) is 2.12. The Labute approximate surface area is 173 Å². The van der Waals surface area contributed by atoms with Crippen LogP contribution in [0.4, 0.5) is 22.9 Å². The highest BCUT2D eigenvalue weighted by atomic mass is 16.2. The number of amides is 1. The van der Waals surface area contributed by atoms with Crippen molar-refractivity contribution < 1.29 is 4.79 Å². The molecule has 9 nitrogen and oxygen atoms in total. The summed E-state index contributed by atoms with van der Waals surface area (Å²) in [5.74, 6) is -0.0121. The highest BCUT2D eigenvalue weighted by Crippen LogP contribution is 2.21. The lowest BCUT2D eigenvalue weighted by Crippen LogP contribution is -2.44. The molecule has 1 fully saturated rings. The third kappa shape index (κ3) is 4.47. The Morgan fingerprint density at radius 3 is 2.53 bits per heavy atom. The van der Waals surface area contributed by atoms with Crippen LogP contribution in [0.3, 0.4) is 0 Å². The van der Waals surface area contributed by atoms with Crippen molar-refractivity contribution in [3.63, 3.8) is 0 Å². The number of H-pyrrole nitrogens is 1. The molecule has 0 bridgehead atoms. The molecule has 1 aliphatic rings. The lowest BCUT2D eigenvalue weighted by molar-refractivity contribution is 0.102. The SMILES string of the molecule is CN1CCN(c2ccc(NC(=O)c3c(Nc4ccncn4)cc[nH]c3=O)cc2)CC1. The summed E-state index contributed by atoms with van der Waals surface area (Å²) in [6.45, 7) is 3.99. The molecule has 1 aromatic carbocycles. The van der Waals surface area contributed by atoms with Crippen molar-refractivity contribution in [1.29, 1.82) is 0 Å². The van der Waals surface area contributed by atoms with E-state index in [1.54, 1.807) is 18.3 Å². The smallest absolute Gasteiger partial charge is 0.263 e. The number of carbonyl (C=O) groups excluding carboxylic acids is 1. The van der Waals surface area contributed by atoms with E-state index in [4.69, 9.17) is 0 Å². The Morgan fingerprint density at radius 2 is 1.83 bits per heavy atom. The first-order chi connectivity index (χ1) is 14.6. The first-order valence-corrected chi connectivity index (χ1v) is 9.70. The molecule has 0 spiro atoms. The molecule has 154 valence electrons. The van der Waals surface area contributed by atoms with Crippen molar-refractivity contribution in [3.05, 3.63) is 71.0 Å². The first kappa shape index (κ1) is 19.6. The molecular weight excluding hydrogens is 382 g/mol. The van der Waals surface area contributed by atoms with Crippen molar-refractivity contribution >= 4 is 28.8 Å². The molecule has 30 heavy (non-hydrogen) atoms. The predicted octanol–water partition coefficient (Wildman–Crippen LogP) is 1.91. The van der Waals surface area contributed by atoms with E-state index in [0.29, 0.717) is 17.2 Å². The molecular formula is C21H23N7O2. The molecule has 0 unspecified atom stereocenters. The number of hydrogen-bond donors (Lipinski definition) is 3. The molecule has 3 aromatic rings. The molecule has 0 atom stereocenters. The minimum absolute atomic E-state index is 0.0146. The number of carbonyl (C=O) groups is 1. The van der Waals surface area contributed by atoms with Gasteiger partial charge in [0.25, 0.3) is 11.5 Å².